The Morgan fingerprint density at radius 1 is 1.04 bits per heavy atom. The largest absolute Gasteiger partial charge is 0.386 e. The Morgan fingerprint density at radius 3 is 2.29 bits per heavy atom. The van der Waals surface area contributed by atoms with Crippen LogP contribution in [0.2, 0.25) is 0 Å². The SMILES string of the molecule is CC1COC2(N=C(N)C3(C#N)C(c4ccc(-c5ccccc5)cc4)C23C#N)O1. The number of nitriles is 2. The average molecular weight is 370 g/mol. The van der Waals surface area contributed by atoms with E-state index in [-0.39, 0.29) is 11.9 Å². The molecular weight excluding hydrogens is 352 g/mol. The maximum Gasteiger partial charge on any atom is 0.293 e. The first-order valence-electron chi connectivity index (χ1n) is 9.20. The number of hydrogen-bond donors (Lipinski definition) is 1. The second kappa shape index (κ2) is 5.42. The molecule has 0 radical (unpaired) electrons. The molecule has 28 heavy (non-hydrogen) atoms. The molecule has 0 amide bonds. The van der Waals surface area contributed by atoms with E-state index in [0.29, 0.717) is 6.61 Å². The molecule has 1 saturated heterocycles. The Bertz CT molecular complexity index is 1070. The van der Waals surface area contributed by atoms with Crippen molar-refractivity contribution in [3.8, 4) is 23.3 Å². The molecule has 5 atom stereocenters. The molecule has 1 saturated carbocycles. The van der Waals surface area contributed by atoms with Gasteiger partial charge in [-0.15, -0.1) is 0 Å². The molecule has 6 heteroatoms. The summed E-state index contributed by atoms with van der Waals surface area (Å²) in [6.07, 6.45) is -0.224. The minimum atomic E-state index is -1.51. The molecule has 138 valence electrons. The first kappa shape index (κ1) is 16.9. The quantitative estimate of drug-likeness (QED) is 0.875. The van der Waals surface area contributed by atoms with Gasteiger partial charge in [-0.25, -0.2) is 4.99 Å². The fourth-order valence-corrected chi connectivity index (χ4v) is 4.86. The average Bonchev–Trinajstić information content (AvgIpc) is 3.12. The zero-order valence-corrected chi connectivity index (χ0v) is 15.3. The van der Waals surface area contributed by atoms with E-state index in [0.717, 1.165) is 16.7 Å². The normalized spacial score (nSPS) is 37.8. The summed E-state index contributed by atoms with van der Waals surface area (Å²) in [5.41, 5.74) is 6.69. The lowest BCUT2D eigenvalue weighted by Crippen LogP contribution is -2.39. The zero-order chi connectivity index (χ0) is 19.6. The Balaban J connectivity index is 1.59. The van der Waals surface area contributed by atoms with E-state index in [1.54, 1.807) is 0 Å². The van der Waals surface area contributed by atoms with Crippen LogP contribution in [0, 0.1) is 33.5 Å². The van der Waals surface area contributed by atoms with Gasteiger partial charge in [0, 0.05) is 5.92 Å². The molecule has 5 unspecified atom stereocenters. The molecule has 2 N–H and O–H groups in total. The van der Waals surface area contributed by atoms with Gasteiger partial charge in [0.15, 0.2) is 5.41 Å². The molecule has 2 aliphatic heterocycles. The van der Waals surface area contributed by atoms with E-state index in [9.17, 15) is 10.5 Å². The fraction of sp³-hybridized carbons (Fsp3) is 0.318. The number of ether oxygens (including phenoxy) is 2. The van der Waals surface area contributed by atoms with Crippen molar-refractivity contribution in [2.75, 3.05) is 6.61 Å². The van der Waals surface area contributed by atoms with Crippen molar-refractivity contribution in [1.82, 2.24) is 0 Å². The molecular formula is C22H18N4O2. The van der Waals surface area contributed by atoms with E-state index in [1.807, 2.05) is 61.5 Å². The van der Waals surface area contributed by atoms with Crippen LogP contribution in [0.15, 0.2) is 59.6 Å². The standard InChI is InChI=1S/C22H18N4O2/c1-14-11-27-22(28-14)21(13-24)18(20(21,12-23)19(25)26-22)17-9-7-16(8-10-17)15-5-3-2-4-6-15/h2-10,14,18H,11H2,1H3,(H2,25,26). The Hall–Kier alpha value is -3.19. The molecule has 2 aromatic rings. The second-order valence-electron chi connectivity index (χ2n) is 7.58. The predicted octanol–water partition coefficient (Wildman–Crippen LogP) is 2.93. The summed E-state index contributed by atoms with van der Waals surface area (Å²) in [6, 6.07) is 22.5. The van der Waals surface area contributed by atoms with Crippen molar-refractivity contribution in [2.45, 2.75) is 24.9 Å². The summed E-state index contributed by atoms with van der Waals surface area (Å²) in [4.78, 5) is 4.33. The molecule has 3 aliphatic rings. The Labute approximate surface area is 162 Å². The van der Waals surface area contributed by atoms with Gasteiger partial charge in [0.05, 0.1) is 24.8 Å². The van der Waals surface area contributed by atoms with Crippen molar-refractivity contribution in [1.29, 1.82) is 10.5 Å². The molecule has 6 nitrogen and oxygen atoms in total. The molecule has 2 fully saturated rings. The predicted molar refractivity (Wildman–Crippen MR) is 102 cm³/mol. The summed E-state index contributed by atoms with van der Waals surface area (Å²) in [6.45, 7) is 2.16. The highest BCUT2D eigenvalue weighted by atomic mass is 16.8. The van der Waals surface area contributed by atoms with Crippen molar-refractivity contribution in [3.63, 3.8) is 0 Å². The second-order valence-corrected chi connectivity index (χ2v) is 7.58. The van der Waals surface area contributed by atoms with E-state index in [1.165, 1.54) is 0 Å². The third-order valence-electron chi connectivity index (χ3n) is 6.15. The number of hydrogen-bond acceptors (Lipinski definition) is 6. The van der Waals surface area contributed by atoms with Gasteiger partial charge in [-0.2, -0.15) is 10.5 Å². The molecule has 0 aromatic heterocycles. The van der Waals surface area contributed by atoms with E-state index in [2.05, 4.69) is 17.1 Å². The zero-order valence-electron chi connectivity index (χ0n) is 15.3. The summed E-state index contributed by atoms with van der Waals surface area (Å²) in [5.74, 6) is -1.85. The van der Waals surface area contributed by atoms with Gasteiger partial charge in [-0.05, 0) is 23.6 Å². The lowest BCUT2D eigenvalue weighted by molar-refractivity contribution is -0.193. The molecule has 5 rings (SSSR count). The number of nitrogens with two attached hydrogens (primary N) is 1. The Kier molecular flexibility index (Phi) is 3.28. The van der Waals surface area contributed by atoms with Gasteiger partial charge in [-0.3, -0.25) is 0 Å². The van der Waals surface area contributed by atoms with E-state index < -0.39 is 22.7 Å². The van der Waals surface area contributed by atoms with Crippen molar-refractivity contribution in [3.05, 3.63) is 60.2 Å². The minimum absolute atomic E-state index is 0.114. The number of nitrogens with zero attached hydrogens (tertiary/aromatic N) is 3. The molecule has 1 spiro atoms. The lowest BCUT2D eigenvalue weighted by Gasteiger charge is -2.26. The molecule has 1 aliphatic carbocycles. The smallest absolute Gasteiger partial charge is 0.293 e. The summed E-state index contributed by atoms with van der Waals surface area (Å²) < 4.78 is 11.8. The van der Waals surface area contributed by atoms with Crippen molar-refractivity contribution < 1.29 is 9.47 Å². The minimum Gasteiger partial charge on any atom is -0.386 e. The summed E-state index contributed by atoms with van der Waals surface area (Å²) in [7, 11) is 0. The monoisotopic (exact) mass is 370 g/mol. The third-order valence-corrected chi connectivity index (χ3v) is 6.15. The van der Waals surface area contributed by atoms with Crippen LogP contribution >= 0.6 is 0 Å². The van der Waals surface area contributed by atoms with Crippen LogP contribution < -0.4 is 5.73 Å². The van der Waals surface area contributed by atoms with Gasteiger partial charge in [-0.1, -0.05) is 54.6 Å². The highest BCUT2D eigenvalue weighted by Gasteiger charge is 2.94. The number of benzene rings is 2. The number of rotatable bonds is 2. The number of aliphatic imine (C=N–C) groups is 1. The Morgan fingerprint density at radius 2 is 1.71 bits per heavy atom. The van der Waals surface area contributed by atoms with Gasteiger partial charge >= 0.3 is 0 Å². The fourth-order valence-electron chi connectivity index (χ4n) is 4.86. The summed E-state index contributed by atoms with van der Waals surface area (Å²) >= 11 is 0. The molecule has 0 bridgehead atoms. The van der Waals surface area contributed by atoms with Crippen LogP contribution in [0.3, 0.4) is 0 Å². The van der Waals surface area contributed by atoms with Crippen LogP contribution in [-0.2, 0) is 9.47 Å². The van der Waals surface area contributed by atoms with Crippen LogP contribution in [0.1, 0.15) is 18.4 Å². The maximum atomic E-state index is 10.2. The van der Waals surface area contributed by atoms with Crippen LogP contribution in [0.5, 0.6) is 0 Å². The van der Waals surface area contributed by atoms with Gasteiger partial charge < -0.3 is 15.2 Å². The van der Waals surface area contributed by atoms with Crippen LogP contribution in [0.4, 0.5) is 0 Å². The number of fused-ring (bicyclic) bond motifs is 2. The molecule has 2 heterocycles. The third kappa shape index (κ3) is 1.75. The summed E-state index contributed by atoms with van der Waals surface area (Å²) in [5, 5.41) is 20.2. The highest BCUT2D eigenvalue weighted by molar-refractivity contribution is 6.00. The number of amidine groups is 1. The van der Waals surface area contributed by atoms with Gasteiger partial charge in [0.1, 0.15) is 11.3 Å². The highest BCUT2D eigenvalue weighted by Crippen LogP contribution is 2.82. The first-order valence-corrected chi connectivity index (χ1v) is 9.20. The topological polar surface area (TPSA) is 104 Å². The van der Waals surface area contributed by atoms with Crippen LogP contribution in [0.25, 0.3) is 11.1 Å². The van der Waals surface area contributed by atoms with Crippen molar-refractivity contribution in [2.24, 2.45) is 21.6 Å². The van der Waals surface area contributed by atoms with E-state index >= 15 is 0 Å². The van der Waals surface area contributed by atoms with E-state index in [4.69, 9.17) is 15.2 Å². The lowest BCUT2D eigenvalue weighted by atomic mass is 9.93. The maximum absolute atomic E-state index is 10.2. The van der Waals surface area contributed by atoms with Crippen LogP contribution in [-0.4, -0.2) is 24.5 Å². The van der Waals surface area contributed by atoms with Crippen molar-refractivity contribution >= 4 is 5.84 Å². The van der Waals surface area contributed by atoms with Gasteiger partial charge in [0.25, 0.3) is 5.91 Å². The first-order chi connectivity index (χ1) is 13.5. The molecule has 2 aromatic carbocycles. The van der Waals surface area contributed by atoms with Gasteiger partial charge in [0.2, 0.25) is 0 Å².